The van der Waals surface area contributed by atoms with Crippen molar-refractivity contribution in [3.05, 3.63) is 53.4 Å². The number of carbonyl (C=O) groups is 1. The van der Waals surface area contributed by atoms with E-state index in [1.807, 2.05) is 12.1 Å². The highest BCUT2D eigenvalue weighted by Crippen LogP contribution is 2.19. The first-order valence-corrected chi connectivity index (χ1v) is 6.20. The predicted octanol–water partition coefficient (Wildman–Crippen LogP) is 1.55. The van der Waals surface area contributed by atoms with Gasteiger partial charge >= 0.3 is 0 Å². The topological polar surface area (TPSA) is 64.4 Å². The van der Waals surface area contributed by atoms with Gasteiger partial charge in [-0.05, 0) is 11.1 Å². The van der Waals surface area contributed by atoms with Gasteiger partial charge in [0.1, 0.15) is 0 Å². The number of nitrogens with zero attached hydrogens (tertiary/aromatic N) is 1. The van der Waals surface area contributed by atoms with Gasteiger partial charge in [-0.1, -0.05) is 29.4 Å². The molecule has 0 aliphatic carbocycles. The fourth-order valence-electron chi connectivity index (χ4n) is 2.17. The largest absolute Gasteiger partial charge is 0.371 e. The van der Waals surface area contributed by atoms with Gasteiger partial charge in [0.15, 0.2) is 0 Å². The summed E-state index contributed by atoms with van der Waals surface area (Å²) >= 11 is 0. The number of ether oxygens (including phenoxy) is 1. The minimum atomic E-state index is -0.264. The number of hydrogen-bond donors (Lipinski definition) is 1. The van der Waals surface area contributed by atoms with Gasteiger partial charge in [0.25, 0.3) is 5.91 Å². The van der Waals surface area contributed by atoms with Gasteiger partial charge in [-0.15, -0.1) is 0 Å². The number of fused-ring (bicyclic) bond motifs is 1. The first-order valence-electron chi connectivity index (χ1n) is 6.20. The van der Waals surface area contributed by atoms with Crippen LogP contribution in [0.2, 0.25) is 0 Å². The van der Waals surface area contributed by atoms with Crippen LogP contribution in [0.4, 0.5) is 0 Å². The molecule has 0 radical (unpaired) electrons. The highest BCUT2D eigenvalue weighted by Gasteiger charge is 2.20. The van der Waals surface area contributed by atoms with E-state index in [0.717, 1.165) is 6.42 Å². The third-order valence-electron chi connectivity index (χ3n) is 3.19. The van der Waals surface area contributed by atoms with E-state index in [-0.39, 0.29) is 17.8 Å². The number of carbonyl (C=O) groups excluding carboxylic acids is 1. The van der Waals surface area contributed by atoms with Crippen LogP contribution in [0.5, 0.6) is 0 Å². The van der Waals surface area contributed by atoms with E-state index in [1.165, 1.54) is 23.4 Å². The Kier molecular flexibility index (Phi) is 3.29. The fourth-order valence-corrected chi connectivity index (χ4v) is 2.17. The Morgan fingerprint density at radius 3 is 2.95 bits per heavy atom. The van der Waals surface area contributed by atoms with Gasteiger partial charge in [-0.2, -0.15) is 0 Å². The Bertz CT molecular complexity index is 566. The zero-order chi connectivity index (χ0) is 13.1. The van der Waals surface area contributed by atoms with Crippen LogP contribution in [0.25, 0.3) is 0 Å². The molecule has 1 N–H and O–H groups in total. The van der Waals surface area contributed by atoms with E-state index >= 15 is 0 Å². The minimum absolute atomic E-state index is 0.00164. The van der Waals surface area contributed by atoms with Crippen LogP contribution < -0.4 is 5.32 Å². The molecule has 5 nitrogen and oxygen atoms in total. The zero-order valence-electron chi connectivity index (χ0n) is 10.3. The molecule has 98 valence electrons. The van der Waals surface area contributed by atoms with Gasteiger partial charge in [-0.25, -0.2) is 0 Å². The maximum absolute atomic E-state index is 11.7. The summed E-state index contributed by atoms with van der Waals surface area (Å²) in [6.07, 6.45) is 2.26. The lowest BCUT2D eigenvalue weighted by Gasteiger charge is -2.25. The van der Waals surface area contributed by atoms with Crippen LogP contribution in [-0.4, -0.2) is 23.7 Å². The van der Waals surface area contributed by atoms with Gasteiger partial charge in [0.2, 0.25) is 5.76 Å². The maximum atomic E-state index is 11.7. The van der Waals surface area contributed by atoms with Crippen molar-refractivity contribution in [1.29, 1.82) is 0 Å². The van der Waals surface area contributed by atoms with Crippen LogP contribution >= 0.6 is 0 Å². The molecular formula is C14H14N2O3. The van der Waals surface area contributed by atoms with E-state index in [4.69, 9.17) is 9.26 Å². The summed E-state index contributed by atoms with van der Waals surface area (Å²) in [5, 5.41) is 6.29. The molecule has 0 unspecified atom stereocenters. The Morgan fingerprint density at radius 1 is 1.32 bits per heavy atom. The molecule has 1 amide bonds. The van der Waals surface area contributed by atoms with Crippen molar-refractivity contribution in [3.8, 4) is 0 Å². The molecular weight excluding hydrogens is 244 g/mol. The molecule has 1 atom stereocenters. The average Bonchev–Trinajstić information content (AvgIpc) is 2.99. The van der Waals surface area contributed by atoms with Crippen LogP contribution in [-0.2, 0) is 17.8 Å². The molecule has 0 saturated carbocycles. The van der Waals surface area contributed by atoms with E-state index in [2.05, 4.69) is 22.6 Å². The lowest BCUT2D eigenvalue weighted by molar-refractivity contribution is 0.0281. The summed E-state index contributed by atoms with van der Waals surface area (Å²) < 4.78 is 10.5. The molecule has 3 rings (SSSR count). The van der Waals surface area contributed by atoms with Crippen molar-refractivity contribution >= 4 is 5.91 Å². The molecule has 1 aliphatic rings. The molecule has 0 saturated heterocycles. The second-order valence-electron chi connectivity index (χ2n) is 4.49. The minimum Gasteiger partial charge on any atom is -0.371 e. The van der Waals surface area contributed by atoms with E-state index < -0.39 is 0 Å². The van der Waals surface area contributed by atoms with Gasteiger partial charge in [0, 0.05) is 19.0 Å². The van der Waals surface area contributed by atoms with Gasteiger partial charge in [0.05, 0.1) is 18.9 Å². The van der Waals surface area contributed by atoms with E-state index in [0.29, 0.717) is 13.2 Å². The van der Waals surface area contributed by atoms with Crippen molar-refractivity contribution in [2.45, 2.75) is 19.1 Å². The number of rotatable bonds is 3. The molecule has 2 aromatic rings. The molecule has 1 aliphatic heterocycles. The molecule has 5 heteroatoms. The van der Waals surface area contributed by atoms with Crippen molar-refractivity contribution in [2.24, 2.45) is 0 Å². The summed E-state index contributed by atoms with van der Waals surface area (Å²) in [5.74, 6) is -0.0452. The zero-order valence-corrected chi connectivity index (χ0v) is 10.3. The molecule has 19 heavy (non-hydrogen) atoms. The molecule has 0 spiro atoms. The smallest absolute Gasteiger partial charge is 0.289 e. The number of benzene rings is 1. The normalized spacial score (nSPS) is 17.8. The summed E-state index contributed by atoms with van der Waals surface area (Å²) in [6.45, 7) is 1.06. The summed E-state index contributed by atoms with van der Waals surface area (Å²) in [6, 6.07) is 9.73. The quantitative estimate of drug-likeness (QED) is 0.907. The van der Waals surface area contributed by atoms with Crippen LogP contribution in [0.1, 0.15) is 21.7 Å². The Balaban J connectivity index is 1.57. The number of nitrogens with one attached hydrogen (secondary N) is 1. The highest BCUT2D eigenvalue weighted by atomic mass is 16.5. The van der Waals surface area contributed by atoms with Crippen molar-refractivity contribution in [1.82, 2.24) is 10.5 Å². The number of hydrogen-bond acceptors (Lipinski definition) is 4. The van der Waals surface area contributed by atoms with Gasteiger partial charge < -0.3 is 14.6 Å². The Morgan fingerprint density at radius 2 is 2.16 bits per heavy atom. The first kappa shape index (κ1) is 11.9. The second-order valence-corrected chi connectivity index (χ2v) is 4.49. The average molecular weight is 258 g/mol. The van der Waals surface area contributed by atoms with Gasteiger partial charge in [-0.3, -0.25) is 4.79 Å². The summed E-state index contributed by atoms with van der Waals surface area (Å²) in [7, 11) is 0. The standard InChI is InChI=1S/C14H14N2O3/c17-14(13-5-6-16-19-13)15-8-12-7-10-3-1-2-4-11(10)9-18-12/h1-6,12H,7-9H2,(H,15,17)/t12-/m0/s1. The molecule has 1 aromatic heterocycles. The molecule has 2 heterocycles. The first-order chi connectivity index (χ1) is 9.33. The van der Waals surface area contributed by atoms with E-state index in [1.54, 1.807) is 0 Å². The summed E-state index contributed by atoms with van der Waals surface area (Å²) in [4.78, 5) is 11.7. The van der Waals surface area contributed by atoms with Crippen LogP contribution in [0.3, 0.4) is 0 Å². The number of aromatic nitrogens is 1. The van der Waals surface area contributed by atoms with Crippen molar-refractivity contribution in [3.63, 3.8) is 0 Å². The Hall–Kier alpha value is -2.14. The van der Waals surface area contributed by atoms with E-state index in [9.17, 15) is 4.79 Å². The maximum Gasteiger partial charge on any atom is 0.289 e. The number of amides is 1. The molecule has 1 aromatic carbocycles. The third-order valence-corrected chi connectivity index (χ3v) is 3.19. The molecule has 0 bridgehead atoms. The fraction of sp³-hybridized carbons (Fsp3) is 0.286. The lowest BCUT2D eigenvalue weighted by Crippen LogP contribution is -2.36. The molecule has 0 fully saturated rings. The van der Waals surface area contributed by atoms with Crippen LogP contribution in [0.15, 0.2) is 41.1 Å². The Labute approximate surface area is 110 Å². The monoisotopic (exact) mass is 258 g/mol. The summed E-state index contributed by atoms with van der Waals surface area (Å²) in [5.41, 5.74) is 2.51. The third kappa shape index (κ3) is 2.66. The predicted molar refractivity (Wildman–Crippen MR) is 67.6 cm³/mol. The van der Waals surface area contributed by atoms with Crippen LogP contribution in [0, 0.1) is 0 Å². The highest BCUT2D eigenvalue weighted by molar-refractivity contribution is 5.91. The van der Waals surface area contributed by atoms with Crippen molar-refractivity contribution < 1.29 is 14.1 Å². The van der Waals surface area contributed by atoms with Crippen molar-refractivity contribution in [2.75, 3.05) is 6.54 Å². The SMILES string of the molecule is O=C(NC[C@@H]1Cc2ccccc2CO1)c1ccno1. The lowest BCUT2D eigenvalue weighted by atomic mass is 9.99. The second kappa shape index (κ2) is 5.24.